The van der Waals surface area contributed by atoms with E-state index < -0.39 is 17.9 Å². The van der Waals surface area contributed by atoms with Crippen LogP contribution in [-0.4, -0.2) is 26.2 Å². The summed E-state index contributed by atoms with van der Waals surface area (Å²) in [6, 6.07) is 6.69. The summed E-state index contributed by atoms with van der Waals surface area (Å²) in [6.45, 7) is 0. The second kappa shape index (κ2) is 6.25. The van der Waals surface area contributed by atoms with Crippen molar-refractivity contribution in [2.45, 2.75) is 12.3 Å². The summed E-state index contributed by atoms with van der Waals surface area (Å²) < 4.78 is 9.21. The normalized spacial score (nSPS) is 11.7. The van der Waals surface area contributed by atoms with E-state index in [9.17, 15) is 9.59 Å². The molecule has 0 heterocycles. The van der Waals surface area contributed by atoms with Gasteiger partial charge < -0.3 is 9.47 Å². The zero-order valence-corrected chi connectivity index (χ0v) is 10.4. The van der Waals surface area contributed by atoms with Gasteiger partial charge in [-0.05, 0) is 17.7 Å². The highest BCUT2D eigenvalue weighted by Gasteiger charge is 2.24. The molecule has 0 aliphatic heterocycles. The summed E-state index contributed by atoms with van der Waals surface area (Å²) in [5.41, 5.74) is 0.673. The van der Waals surface area contributed by atoms with Crippen molar-refractivity contribution in [1.29, 1.82) is 0 Å². The van der Waals surface area contributed by atoms with Gasteiger partial charge in [0.25, 0.3) is 0 Å². The second-order valence-electron chi connectivity index (χ2n) is 3.41. The van der Waals surface area contributed by atoms with Gasteiger partial charge in [-0.3, -0.25) is 9.59 Å². The largest absolute Gasteiger partial charge is 0.469 e. The molecule has 0 aromatic heterocycles. The monoisotopic (exact) mass is 256 g/mol. The van der Waals surface area contributed by atoms with Crippen LogP contribution >= 0.6 is 11.6 Å². The number of ether oxygens (including phenoxy) is 2. The first kappa shape index (κ1) is 13.5. The van der Waals surface area contributed by atoms with E-state index in [4.69, 9.17) is 11.6 Å². The Kier molecular flexibility index (Phi) is 4.97. The van der Waals surface area contributed by atoms with Crippen molar-refractivity contribution < 1.29 is 19.1 Å². The number of hydrogen-bond acceptors (Lipinski definition) is 4. The number of esters is 2. The quantitative estimate of drug-likeness (QED) is 0.775. The van der Waals surface area contributed by atoms with Gasteiger partial charge in [-0.1, -0.05) is 23.7 Å². The molecule has 17 heavy (non-hydrogen) atoms. The molecule has 1 unspecified atom stereocenters. The summed E-state index contributed by atoms with van der Waals surface area (Å²) in [5, 5.41) is 0.565. The van der Waals surface area contributed by atoms with Crippen molar-refractivity contribution in [2.75, 3.05) is 14.2 Å². The molecule has 1 aromatic rings. The topological polar surface area (TPSA) is 52.6 Å². The molecule has 0 fully saturated rings. The number of carbonyl (C=O) groups is 2. The third-order valence-corrected chi connectivity index (χ3v) is 2.61. The number of rotatable bonds is 4. The summed E-state index contributed by atoms with van der Waals surface area (Å²) in [4.78, 5) is 22.8. The molecular weight excluding hydrogens is 244 g/mol. The fourth-order valence-corrected chi connectivity index (χ4v) is 1.55. The molecule has 5 heteroatoms. The highest BCUT2D eigenvalue weighted by molar-refractivity contribution is 6.30. The first-order valence-corrected chi connectivity index (χ1v) is 5.36. The highest BCUT2D eigenvalue weighted by Crippen LogP contribution is 2.23. The lowest BCUT2D eigenvalue weighted by Crippen LogP contribution is -2.18. The fraction of sp³-hybridized carbons (Fsp3) is 0.333. The Morgan fingerprint density at radius 2 is 1.76 bits per heavy atom. The van der Waals surface area contributed by atoms with Crippen LogP contribution in [0.5, 0.6) is 0 Å². The molecule has 0 saturated carbocycles. The SMILES string of the molecule is COC(=O)CC(C(=O)OC)c1ccc(Cl)cc1. The lowest BCUT2D eigenvalue weighted by atomic mass is 9.96. The predicted octanol–water partition coefficient (Wildman–Crippen LogP) is 2.16. The molecule has 0 N–H and O–H groups in total. The lowest BCUT2D eigenvalue weighted by molar-refractivity contribution is -0.149. The molecule has 1 atom stereocenters. The zero-order chi connectivity index (χ0) is 12.8. The molecule has 0 saturated heterocycles. The van der Waals surface area contributed by atoms with Gasteiger partial charge in [-0.25, -0.2) is 0 Å². The van der Waals surface area contributed by atoms with Gasteiger partial charge >= 0.3 is 11.9 Å². The van der Waals surface area contributed by atoms with Gasteiger partial charge in [0.2, 0.25) is 0 Å². The molecule has 92 valence electrons. The average molecular weight is 257 g/mol. The number of benzene rings is 1. The molecule has 0 aliphatic carbocycles. The number of methoxy groups -OCH3 is 2. The zero-order valence-electron chi connectivity index (χ0n) is 9.60. The Labute approximate surface area is 104 Å². The van der Waals surface area contributed by atoms with Crippen LogP contribution in [0.2, 0.25) is 5.02 Å². The molecule has 0 spiro atoms. The average Bonchev–Trinajstić information content (AvgIpc) is 2.36. The van der Waals surface area contributed by atoms with E-state index in [1.807, 2.05) is 0 Å². The van der Waals surface area contributed by atoms with Gasteiger partial charge in [0.1, 0.15) is 0 Å². The van der Waals surface area contributed by atoms with Crippen LogP contribution in [-0.2, 0) is 19.1 Å². The smallest absolute Gasteiger partial charge is 0.313 e. The second-order valence-corrected chi connectivity index (χ2v) is 3.84. The lowest BCUT2D eigenvalue weighted by Gasteiger charge is -2.13. The molecule has 0 amide bonds. The minimum absolute atomic E-state index is 0.0508. The summed E-state index contributed by atoms with van der Waals surface area (Å²) >= 11 is 5.76. The van der Waals surface area contributed by atoms with Crippen molar-refractivity contribution in [2.24, 2.45) is 0 Å². The maximum atomic E-state index is 11.6. The van der Waals surface area contributed by atoms with Crippen molar-refractivity contribution in [3.8, 4) is 0 Å². The third kappa shape index (κ3) is 3.75. The van der Waals surface area contributed by atoms with Gasteiger partial charge in [0.15, 0.2) is 0 Å². The van der Waals surface area contributed by atoms with Crippen LogP contribution in [0.4, 0.5) is 0 Å². The first-order valence-electron chi connectivity index (χ1n) is 4.98. The van der Waals surface area contributed by atoms with E-state index in [-0.39, 0.29) is 6.42 Å². The van der Waals surface area contributed by atoms with Crippen molar-refractivity contribution in [3.05, 3.63) is 34.9 Å². The number of halogens is 1. The van der Waals surface area contributed by atoms with Gasteiger partial charge in [-0.15, -0.1) is 0 Å². The predicted molar refractivity (Wildman–Crippen MR) is 62.8 cm³/mol. The first-order chi connectivity index (χ1) is 8.08. The summed E-state index contributed by atoms with van der Waals surface area (Å²) in [6.07, 6.45) is -0.0508. The Bertz CT molecular complexity index is 399. The Morgan fingerprint density at radius 1 is 1.18 bits per heavy atom. The fourth-order valence-electron chi connectivity index (χ4n) is 1.42. The maximum Gasteiger partial charge on any atom is 0.313 e. The summed E-state index contributed by atoms with van der Waals surface area (Å²) in [5.74, 6) is -1.60. The summed E-state index contributed by atoms with van der Waals surface area (Å²) in [7, 11) is 2.56. The van der Waals surface area contributed by atoms with Crippen molar-refractivity contribution in [1.82, 2.24) is 0 Å². The van der Waals surface area contributed by atoms with E-state index in [2.05, 4.69) is 9.47 Å². The van der Waals surface area contributed by atoms with E-state index in [0.717, 1.165) is 0 Å². The van der Waals surface area contributed by atoms with Crippen molar-refractivity contribution >= 4 is 23.5 Å². The standard InChI is InChI=1S/C12H13ClO4/c1-16-11(14)7-10(12(15)17-2)8-3-5-9(13)6-4-8/h3-6,10H,7H2,1-2H3. The highest BCUT2D eigenvalue weighted by atomic mass is 35.5. The molecule has 4 nitrogen and oxygen atoms in total. The number of hydrogen-bond donors (Lipinski definition) is 0. The van der Waals surface area contributed by atoms with Crippen LogP contribution in [0.15, 0.2) is 24.3 Å². The van der Waals surface area contributed by atoms with E-state index in [1.165, 1.54) is 14.2 Å². The Morgan fingerprint density at radius 3 is 2.24 bits per heavy atom. The van der Waals surface area contributed by atoms with Crippen LogP contribution in [0.25, 0.3) is 0 Å². The van der Waals surface area contributed by atoms with Gasteiger partial charge in [-0.2, -0.15) is 0 Å². The van der Waals surface area contributed by atoms with Crippen LogP contribution in [0, 0.1) is 0 Å². The Hall–Kier alpha value is -1.55. The molecule has 0 aliphatic rings. The Balaban J connectivity index is 2.93. The van der Waals surface area contributed by atoms with E-state index in [0.29, 0.717) is 10.6 Å². The minimum Gasteiger partial charge on any atom is -0.469 e. The molecule has 1 rings (SSSR count). The van der Waals surface area contributed by atoms with E-state index >= 15 is 0 Å². The van der Waals surface area contributed by atoms with Crippen LogP contribution in [0.3, 0.4) is 0 Å². The minimum atomic E-state index is -0.662. The van der Waals surface area contributed by atoms with Crippen LogP contribution in [0.1, 0.15) is 17.9 Å². The van der Waals surface area contributed by atoms with Crippen LogP contribution < -0.4 is 0 Å². The molecule has 1 aromatic carbocycles. The third-order valence-electron chi connectivity index (χ3n) is 2.36. The maximum absolute atomic E-state index is 11.6. The van der Waals surface area contributed by atoms with Gasteiger partial charge in [0.05, 0.1) is 26.6 Å². The molecular formula is C12H13ClO4. The molecule has 0 radical (unpaired) electrons. The van der Waals surface area contributed by atoms with Gasteiger partial charge in [0, 0.05) is 5.02 Å². The number of carbonyl (C=O) groups excluding carboxylic acids is 2. The van der Waals surface area contributed by atoms with E-state index in [1.54, 1.807) is 24.3 Å². The van der Waals surface area contributed by atoms with Crippen molar-refractivity contribution in [3.63, 3.8) is 0 Å². The molecule has 0 bridgehead atoms.